The van der Waals surface area contributed by atoms with Crippen molar-refractivity contribution in [2.45, 2.75) is 51.1 Å². The summed E-state index contributed by atoms with van der Waals surface area (Å²) in [5, 5.41) is 20.9. The van der Waals surface area contributed by atoms with Crippen molar-refractivity contribution in [1.82, 2.24) is 9.97 Å². The summed E-state index contributed by atoms with van der Waals surface area (Å²) in [6.07, 6.45) is 4.05. The predicted octanol–water partition coefficient (Wildman–Crippen LogP) is 4.19. The average molecular weight is 403 g/mol. The van der Waals surface area contributed by atoms with Crippen molar-refractivity contribution in [3.8, 4) is 0 Å². The molecule has 0 radical (unpaired) electrons. The molecule has 0 spiro atoms. The Morgan fingerprint density at radius 3 is 2.75 bits per heavy atom. The molecular weight excluding hydrogens is 376 g/mol. The van der Waals surface area contributed by atoms with Gasteiger partial charge in [0.05, 0.1) is 18.8 Å². The van der Waals surface area contributed by atoms with Gasteiger partial charge in [-0.1, -0.05) is 30.5 Å². The van der Waals surface area contributed by atoms with Gasteiger partial charge in [-0.2, -0.15) is 9.97 Å². The van der Waals surface area contributed by atoms with Crippen LogP contribution < -0.4 is 20.9 Å². The van der Waals surface area contributed by atoms with Crippen LogP contribution in [0.25, 0.3) is 0 Å². The van der Waals surface area contributed by atoms with E-state index in [0.29, 0.717) is 29.5 Å². The second-order valence-corrected chi connectivity index (χ2v) is 8.34. The third-order valence-electron chi connectivity index (χ3n) is 5.54. The lowest BCUT2D eigenvalue weighted by Crippen LogP contribution is -2.40. The number of hydrogen-bond acceptors (Lipinski definition) is 7. The molecule has 0 bridgehead atoms. The van der Waals surface area contributed by atoms with E-state index in [0.717, 1.165) is 42.9 Å². The number of aliphatic hydroxyl groups is 1. The molecule has 7 nitrogen and oxygen atoms in total. The number of nitrogens with one attached hydrogen (secondary N) is 3. The molecular formula is C20H27ClN6O. The first-order valence-corrected chi connectivity index (χ1v) is 10.2. The molecule has 28 heavy (non-hydrogen) atoms. The molecule has 150 valence electrons. The summed E-state index contributed by atoms with van der Waals surface area (Å²) < 4.78 is 0. The van der Waals surface area contributed by atoms with E-state index in [1.165, 1.54) is 0 Å². The molecule has 4 rings (SSSR count). The first-order valence-electron chi connectivity index (χ1n) is 9.84. The number of fused-ring (bicyclic) bond motifs is 1. The minimum Gasteiger partial charge on any atom is -0.394 e. The van der Waals surface area contributed by atoms with Gasteiger partial charge in [-0.05, 0) is 44.9 Å². The Balaban J connectivity index is 1.72. The first kappa shape index (κ1) is 19.1. The molecule has 4 N–H and O–H groups in total. The number of benzene rings is 1. The molecule has 1 fully saturated rings. The van der Waals surface area contributed by atoms with Crippen molar-refractivity contribution in [2.75, 3.05) is 34.1 Å². The lowest BCUT2D eigenvalue weighted by molar-refractivity contribution is 0.213. The fourth-order valence-corrected chi connectivity index (χ4v) is 4.14. The number of nitrogens with zero attached hydrogens (tertiary/aromatic N) is 3. The van der Waals surface area contributed by atoms with Crippen LogP contribution in [-0.4, -0.2) is 39.9 Å². The van der Waals surface area contributed by atoms with Crippen LogP contribution in [0.1, 0.15) is 39.5 Å². The molecule has 0 unspecified atom stereocenters. The second kappa shape index (κ2) is 7.64. The number of halogens is 1. The van der Waals surface area contributed by atoms with Gasteiger partial charge in [0.15, 0.2) is 11.6 Å². The highest BCUT2D eigenvalue weighted by Gasteiger charge is 2.35. The molecule has 0 amide bonds. The maximum absolute atomic E-state index is 9.98. The van der Waals surface area contributed by atoms with E-state index >= 15 is 0 Å². The Kier molecular flexibility index (Phi) is 5.21. The SMILES string of the molecule is CC(C)N1CNc2c(Nc3cccc(Cl)c3)nc(NC3(CO)CCCC3)nc21. The van der Waals surface area contributed by atoms with Gasteiger partial charge in [0.2, 0.25) is 5.95 Å². The van der Waals surface area contributed by atoms with Gasteiger partial charge >= 0.3 is 0 Å². The zero-order valence-corrected chi connectivity index (χ0v) is 17.1. The van der Waals surface area contributed by atoms with E-state index in [1.54, 1.807) is 0 Å². The topological polar surface area (TPSA) is 85.3 Å². The Morgan fingerprint density at radius 1 is 1.29 bits per heavy atom. The molecule has 1 aromatic heterocycles. The number of hydrogen-bond donors (Lipinski definition) is 4. The Hall–Kier alpha value is -2.25. The zero-order chi connectivity index (χ0) is 19.7. The fraction of sp³-hybridized carbons (Fsp3) is 0.500. The highest BCUT2D eigenvalue weighted by Crippen LogP contribution is 2.40. The van der Waals surface area contributed by atoms with E-state index in [4.69, 9.17) is 21.6 Å². The van der Waals surface area contributed by atoms with Crippen molar-refractivity contribution in [3.63, 3.8) is 0 Å². The first-order chi connectivity index (χ1) is 13.5. The van der Waals surface area contributed by atoms with Gasteiger partial charge in [-0.15, -0.1) is 0 Å². The highest BCUT2D eigenvalue weighted by atomic mass is 35.5. The summed E-state index contributed by atoms with van der Waals surface area (Å²) in [6, 6.07) is 7.86. The van der Waals surface area contributed by atoms with Gasteiger partial charge in [-0.3, -0.25) is 0 Å². The van der Waals surface area contributed by atoms with Crippen molar-refractivity contribution >= 4 is 40.6 Å². The van der Waals surface area contributed by atoms with Crippen molar-refractivity contribution in [1.29, 1.82) is 0 Å². The smallest absolute Gasteiger partial charge is 0.227 e. The molecule has 1 aliphatic heterocycles. The summed E-state index contributed by atoms with van der Waals surface area (Å²) in [5.41, 5.74) is 1.40. The van der Waals surface area contributed by atoms with Gasteiger partial charge in [0, 0.05) is 16.8 Å². The molecule has 0 atom stereocenters. The summed E-state index contributed by atoms with van der Waals surface area (Å²) in [6.45, 7) is 5.04. The molecule has 1 saturated carbocycles. The quantitative estimate of drug-likeness (QED) is 0.576. The normalized spacial score (nSPS) is 17.5. The monoisotopic (exact) mass is 402 g/mol. The number of rotatable bonds is 6. The van der Waals surface area contributed by atoms with Crippen LogP contribution in [-0.2, 0) is 0 Å². The third-order valence-corrected chi connectivity index (χ3v) is 5.77. The average Bonchev–Trinajstić information content (AvgIpc) is 3.29. The van der Waals surface area contributed by atoms with Gasteiger partial charge in [-0.25, -0.2) is 0 Å². The van der Waals surface area contributed by atoms with Crippen LogP contribution in [0.2, 0.25) is 5.02 Å². The van der Waals surface area contributed by atoms with Crippen molar-refractivity contribution < 1.29 is 5.11 Å². The predicted molar refractivity (Wildman–Crippen MR) is 115 cm³/mol. The number of aliphatic hydroxyl groups excluding tert-OH is 1. The summed E-state index contributed by atoms with van der Waals surface area (Å²) in [4.78, 5) is 11.7. The van der Waals surface area contributed by atoms with Crippen LogP contribution in [0.15, 0.2) is 24.3 Å². The van der Waals surface area contributed by atoms with E-state index in [9.17, 15) is 5.11 Å². The number of aromatic nitrogens is 2. The van der Waals surface area contributed by atoms with E-state index in [2.05, 4.69) is 34.7 Å². The maximum atomic E-state index is 9.98. The molecule has 1 aromatic carbocycles. The molecule has 1 aliphatic carbocycles. The molecule has 2 aliphatic rings. The molecule has 2 aromatic rings. The zero-order valence-electron chi connectivity index (χ0n) is 16.3. The fourth-order valence-electron chi connectivity index (χ4n) is 3.95. The van der Waals surface area contributed by atoms with Crippen LogP contribution in [0.3, 0.4) is 0 Å². The number of anilines is 5. The van der Waals surface area contributed by atoms with Crippen LogP contribution in [0.5, 0.6) is 0 Å². The minimum atomic E-state index is -0.337. The van der Waals surface area contributed by atoms with Crippen LogP contribution in [0.4, 0.5) is 29.0 Å². The van der Waals surface area contributed by atoms with Gasteiger partial charge < -0.3 is 26.0 Å². The van der Waals surface area contributed by atoms with Crippen LogP contribution >= 0.6 is 11.6 Å². The molecule has 2 heterocycles. The molecule has 0 saturated heterocycles. The molecule has 8 heteroatoms. The lowest BCUT2D eigenvalue weighted by atomic mass is 9.99. The van der Waals surface area contributed by atoms with Crippen LogP contribution in [0, 0.1) is 0 Å². The van der Waals surface area contributed by atoms with Gasteiger partial charge in [0.1, 0.15) is 5.69 Å². The summed E-state index contributed by atoms with van der Waals surface area (Å²) >= 11 is 6.14. The standard InChI is InChI=1S/C20H27ClN6O/c1-13(2)27-12-22-16-17(23-15-7-5-6-14(21)10-15)24-19(25-18(16)27)26-20(11-28)8-3-4-9-20/h5-7,10,13,22,28H,3-4,8-9,11-12H2,1-2H3,(H2,23,24,25,26). The van der Waals surface area contributed by atoms with Crippen molar-refractivity contribution in [3.05, 3.63) is 29.3 Å². The summed E-state index contributed by atoms with van der Waals surface area (Å²) in [5.74, 6) is 2.10. The van der Waals surface area contributed by atoms with Crippen molar-refractivity contribution in [2.24, 2.45) is 0 Å². The van der Waals surface area contributed by atoms with Gasteiger partial charge in [0.25, 0.3) is 0 Å². The van der Waals surface area contributed by atoms with E-state index in [-0.39, 0.29) is 12.1 Å². The Morgan fingerprint density at radius 2 is 2.07 bits per heavy atom. The largest absolute Gasteiger partial charge is 0.394 e. The minimum absolute atomic E-state index is 0.0800. The highest BCUT2D eigenvalue weighted by molar-refractivity contribution is 6.30. The lowest BCUT2D eigenvalue weighted by Gasteiger charge is -2.29. The second-order valence-electron chi connectivity index (χ2n) is 7.90. The Bertz CT molecular complexity index is 853. The van der Waals surface area contributed by atoms with E-state index in [1.807, 2.05) is 24.3 Å². The third kappa shape index (κ3) is 3.69. The van der Waals surface area contributed by atoms with E-state index < -0.39 is 0 Å². The Labute approximate surface area is 170 Å². The summed E-state index contributed by atoms with van der Waals surface area (Å²) in [7, 11) is 0. The maximum Gasteiger partial charge on any atom is 0.227 e.